The van der Waals surface area contributed by atoms with Crippen molar-refractivity contribution in [1.29, 1.82) is 5.26 Å². The van der Waals surface area contributed by atoms with Crippen LogP contribution in [0.4, 0.5) is 5.69 Å². The number of hydrogen-bond acceptors (Lipinski definition) is 5. The number of nitrogens with zero attached hydrogens (tertiary/aromatic N) is 2. The predicted molar refractivity (Wildman–Crippen MR) is 87.9 cm³/mol. The van der Waals surface area contributed by atoms with Gasteiger partial charge in [0.2, 0.25) is 0 Å². The van der Waals surface area contributed by atoms with Gasteiger partial charge in [-0.25, -0.2) is 0 Å². The Morgan fingerprint density at radius 1 is 1.52 bits per heavy atom. The average molecular weight is 305 g/mol. The summed E-state index contributed by atoms with van der Waals surface area (Å²) in [5.41, 5.74) is 1.68. The number of benzene rings is 1. The van der Waals surface area contributed by atoms with Gasteiger partial charge in [0.1, 0.15) is 6.07 Å². The molecule has 1 unspecified atom stereocenters. The van der Waals surface area contributed by atoms with E-state index in [2.05, 4.69) is 23.2 Å². The second-order valence-electron chi connectivity index (χ2n) is 5.16. The molecule has 1 aromatic rings. The van der Waals surface area contributed by atoms with E-state index in [-0.39, 0.29) is 6.61 Å². The second-order valence-corrected chi connectivity index (χ2v) is 6.46. The first kappa shape index (κ1) is 16.2. The van der Waals surface area contributed by atoms with Crippen LogP contribution < -0.4 is 10.2 Å². The van der Waals surface area contributed by atoms with Crippen LogP contribution in [0.1, 0.15) is 25.3 Å². The first-order chi connectivity index (χ1) is 10.3. The number of aliphatic hydroxyl groups excluding tert-OH is 1. The van der Waals surface area contributed by atoms with Crippen molar-refractivity contribution >= 4 is 17.4 Å². The first-order valence-corrected chi connectivity index (χ1v) is 8.53. The Kier molecular flexibility index (Phi) is 6.37. The molecular formula is C16H23N3OS. The molecule has 2 N–H and O–H groups in total. The van der Waals surface area contributed by atoms with Crippen LogP contribution in [0.3, 0.4) is 0 Å². The average Bonchev–Trinajstić information content (AvgIpc) is 3.00. The molecule has 1 saturated heterocycles. The van der Waals surface area contributed by atoms with Gasteiger partial charge in [-0.05, 0) is 37.3 Å². The van der Waals surface area contributed by atoms with Crippen LogP contribution in [0.2, 0.25) is 0 Å². The highest BCUT2D eigenvalue weighted by Crippen LogP contribution is 2.30. The third-order valence-corrected chi connectivity index (χ3v) is 4.67. The van der Waals surface area contributed by atoms with Gasteiger partial charge in [-0.2, -0.15) is 5.26 Å². The predicted octanol–water partition coefficient (Wildman–Crippen LogP) is 2.22. The van der Waals surface area contributed by atoms with Crippen molar-refractivity contribution in [2.45, 2.75) is 30.7 Å². The summed E-state index contributed by atoms with van der Waals surface area (Å²) in [6, 6.07) is 8.79. The van der Waals surface area contributed by atoms with Crippen LogP contribution in [0.15, 0.2) is 23.1 Å². The van der Waals surface area contributed by atoms with Gasteiger partial charge in [-0.3, -0.25) is 0 Å². The minimum Gasteiger partial charge on any atom is -0.395 e. The minimum absolute atomic E-state index is 0.0999. The lowest BCUT2D eigenvalue weighted by Crippen LogP contribution is -2.39. The molecule has 0 aliphatic carbocycles. The second kappa shape index (κ2) is 8.28. The smallest absolute Gasteiger partial charge is 0.103 e. The zero-order valence-electron chi connectivity index (χ0n) is 12.5. The fraction of sp³-hybridized carbons (Fsp3) is 0.562. The number of aliphatic hydroxyl groups is 1. The van der Waals surface area contributed by atoms with E-state index in [9.17, 15) is 10.4 Å². The Morgan fingerprint density at radius 3 is 3.00 bits per heavy atom. The number of anilines is 1. The normalized spacial score (nSPS) is 17.7. The van der Waals surface area contributed by atoms with E-state index in [1.165, 1.54) is 6.42 Å². The van der Waals surface area contributed by atoms with E-state index >= 15 is 0 Å². The van der Waals surface area contributed by atoms with E-state index < -0.39 is 0 Å². The summed E-state index contributed by atoms with van der Waals surface area (Å²) in [6.07, 6.45) is 2.36. The molecule has 114 valence electrons. The van der Waals surface area contributed by atoms with Crippen molar-refractivity contribution in [1.82, 2.24) is 5.32 Å². The standard InChI is InChI=1S/C16H23N3OS/c1-2-21-16-7-3-6-15(14(16)11-17)19(9-10-20)12-13-5-4-8-18-13/h3,6-7,13,18,20H,2,4-5,8-10,12H2,1H3. The van der Waals surface area contributed by atoms with Crippen molar-refractivity contribution in [3.05, 3.63) is 23.8 Å². The summed E-state index contributed by atoms with van der Waals surface area (Å²) in [4.78, 5) is 3.17. The third-order valence-electron chi connectivity index (χ3n) is 3.73. The van der Waals surface area contributed by atoms with Gasteiger partial charge < -0.3 is 15.3 Å². The van der Waals surface area contributed by atoms with Crippen molar-refractivity contribution in [3.63, 3.8) is 0 Å². The van der Waals surface area contributed by atoms with E-state index in [1.54, 1.807) is 11.8 Å². The molecule has 0 aromatic heterocycles. The molecule has 21 heavy (non-hydrogen) atoms. The molecule has 0 spiro atoms. The molecule has 1 fully saturated rings. The minimum atomic E-state index is 0.0999. The largest absolute Gasteiger partial charge is 0.395 e. The van der Waals surface area contributed by atoms with Gasteiger partial charge in [0.25, 0.3) is 0 Å². The molecule has 1 aromatic carbocycles. The lowest BCUT2D eigenvalue weighted by molar-refractivity contribution is 0.300. The number of nitrogens with one attached hydrogen (secondary N) is 1. The van der Waals surface area contributed by atoms with Crippen molar-refractivity contribution < 1.29 is 5.11 Å². The maximum absolute atomic E-state index is 9.54. The highest BCUT2D eigenvalue weighted by molar-refractivity contribution is 7.99. The first-order valence-electron chi connectivity index (χ1n) is 7.55. The monoisotopic (exact) mass is 305 g/mol. The fourth-order valence-corrected chi connectivity index (χ4v) is 3.56. The Balaban J connectivity index is 2.25. The molecule has 0 bridgehead atoms. The Morgan fingerprint density at radius 2 is 2.38 bits per heavy atom. The van der Waals surface area contributed by atoms with E-state index in [4.69, 9.17) is 0 Å². The van der Waals surface area contributed by atoms with Gasteiger partial charge in [-0.1, -0.05) is 13.0 Å². The molecule has 1 aliphatic heterocycles. The summed E-state index contributed by atoms with van der Waals surface area (Å²) in [5.74, 6) is 0.947. The van der Waals surface area contributed by atoms with Crippen LogP contribution in [0.25, 0.3) is 0 Å². The summed E-state index contributed by atoms with van der Waals surface area (Å²) in [6.45, 7) is 4.66. The summed E-state index contributed by atoms with van der Waals surface area (Å²) in [5, 5.41) is 22.4. The molecule has 0 radical (unpaired) electrons. The molecule has 0 amide bonds. The van der Waals surface area contributed by atoms with Crippen LogP contribution in [0, 0.1) is 11.3 Å². The fourth-order valence-electron chi connectivity index (χ4n) is 2.78. The topological polar surface area (TPSA) is 59.3 Å². The Labute approximate surface area is 131 Å². The zero-order chi connectivity index (χ0) is 15.1. The van der Waals surface area contributed by atoms with Crippen molar-refractivity contribution in [2.75, 3.05) is 36.9 Å². The molecule has 2 rings (SSSR count). The van der Waals surface area contributed by atoms with Gasteiger partial charge in [0.05, 0.1) is 17.9 Å². The van der Waals surface area contributed by atoms with E-state index in [0.29, 0.717) is 12.6 Å². The number of rotatable bonds is 7. The summed E-state index contributed by atoms with van der Waals surface area (Å²) < 4.78 is 0. The summed E-state index contributed by atoms with van der Waals surface area (Å²) >= 11 is 1.69. The highest BCUT2D eigenvalue weighted by atomic mass is 32.2. The van der Waals surface area contributed by atoms with Crippen LogP contribution >= 0.6 is 11.8 Å². The third kappa shape index (κ3) is 4.13. The van der Waals surface area contributed by atoms with Crippen LogP contribution in [0.5, 0.6) is 0 Å². The number of nitriles is 1. The van der Waals surface area contributed by atoms with Crippen molar-refractivity contribution in [3.8, 4) is 6.07 Å². The maximum Gasteiger partial charge on any atom is 0.103 e. The van der Waals surface area contributed by atoms with E-state index in [0.717, 1.165) is 41.4 Å². The highest BCUT2D eigenvalue weighted by Gasteiger charge is 2.20. The molecule has 4 nitrogen and oxygen atoms in total. The van der Waals surface area contributed by atoms with Crippen LogP contribution in [-0.4, -0.2) is 43.1 Å². The lowest BCUT2D eigenvalue weighted by atomic mass is 10.1. The molecule has 1 atom stereocenters. The quantitative estimate of drug-likeness (QED) is 0.757. The Hall–Kier alpha value is -1.22. The molecule has 1 heterocycles. The van der Waals surface area contributed by atoms with Crippen molar-refractivity contribution in [2.24, 2.45) is 0 Å². The number of thioether (sulfide) groups is 1. The molecular weight excluding hydrogens is 282 g/mol. The molecule has 0 saturated carbocycles. The van der Waals surface area contributed by atoms with Crippen LogP contribution in [-0.2, 0) is 0 Å². The van der Waals surface area contributed by atoms with Gasteiger partial charge >= 0.3 is 0 Å². The zero-order valence-corrected chi connectivity index (χ0v) is 13.3. The van der Waals surface area contributed by atoms with E-state index in [1.807, 2.05) is 18.2 Å². The van der Waals surface area contributed by atoms with Gasteiger partial charge in [0, 0.05) is 24.0 Å². The summed E-state index contributed by atoms with van der Waals surface area (Å²) in [7, 11) is 0. The lowest BCUT2D eigenvalue weighted by Gasteiger charge is -2.28. The van der Waals surface area contributed by atoms with Gasteiger partial charge in [-0.15, -0.1) is 11.8 Å². The maximum atomic E-state index is 9.54. The van der Waals surface area contributed by atoms with Gasteiger partial charge in [0.15, 0.2) is 0 Å². The SMILES string of the molecule is CCSc1cccc(N(CCO)CC2CCCN2)c1C#N. The Bertz CT molecular complexity index is 495. The molecule has 1 aliphatic rings. The number of hydrogen-bond donors (Lipinski definition) is 2. The molecule has 5 heteroatoms.